The molecule has 0 saturated carbocycles. The predicted molar refractivity (Wildman–Crippen MR) is 73.1 cm³/mol. The Bertz CT molecular complexity index is 879. The number of aromatic nitrogens is 1. The van der Waals surface area contributed by atoms with E-state index in [9.17, 15) is 9.59 Å². The lowest BCUT2D eigenvalue weighted by Crippen LogP contribution is -2.08. The largest absolute Gasteiger partial charge is 0.466 e. The quantitative estimate of drug-likeness (QED) is 0.672. The fourth-order valence-corrected chi connectivity index (χ4v) is 2.29. The molecule has 3 aromatic rings. The van der Waals surface area contributed by atoms with Crippen molar-refractivity contribution in [1.29, 1.82) is 0 Å². The molecule has 20 heavy (non-hydrogen) atoms. The maximum absolute atomic E-state index is 12.4. The van der Waals surface area contributed by atoms with Crippen molar-refractivity contribution in [2.75, 3.05) is 0 Å². The highest BCUT2D eigenvalue weighted by Gasteiger charge is 2.17. The minimum atomic E-state index is -0.445. The minimum absolute atomic E-state index is 0.146. The van der Waals surface area contributed by atoms with Crippen LogP contribution in [-0.2, 0) is 7.05 Å². The number of nitrogens with zero attached hydrogens (tertiary/aromatic N) is 1. The smallest absolute Gasteiger partial charge is 0.419 e. The molecule has 0 atom stereocenters. The third kappa shape index (κ3) is 1.79. The Morgan fingerprint density at radius 1 is 1.15 bits per heavy atom. The monoisotopic (exact) mass is 271 g/mol. The van der Waals surface area contributed by atoms with Gasteiger partial charge in [0.1, 0.15) is 11.5 Å². The molecule has 0 aliphatic carbocycles. The number of fused-ring (bicyclic) bond motifs is 1. The molecular formula is C15H13NO4. The van der Waals surface area contributed by atoms with Gasteiger partial charge in [-0.25, -0.2) is 4.79 Å². The van der Waals surface area contributed by atoms with Gasteiger partial charge in [-0.1, -0.05) is 0 Å². The van der Waals surface area contributed by atoms with Gasteiger partial charge in [0.15, 0.2) is 11.4 Å². The zero-order valence-corrected chi connectivity index (χ0v) is 11.4. The molecule has 0 N–H and O–H groups in total. The highest BCUT2D eigenvalue weighted by molar-refractivity contribution is 6.10. The fourth-order valence-electron chi connectivity index (χ4n) is 2.29. The van der Waals surface area contributed by atoms with Gasteiger partial charge in [-0.15, -0.1) is 0 Å². The van der Waals surface area contributed by atoms with Gasteiger partial charge < -0.3 is 8.83 Å². The molecule has 2 heterocycles. The number of rotatable bonds is 2. The van der Waals surface area contributed by atoms with Gasteiger partial charge in [0.2, 0.25) is 0 Å². The van der Waals surface area contributed by atoms with Crippen LogP contribution in [-0.4, -0.2) is 10.4 Å². The summed E-state index contributed by atoms with van der Waals surface area (Å²) in [5.74, 6) is 0.688. The summed E-state index contributed by atoms with van der Waals surface area (Å²) in [5, 5.41) is 0. The summed E-state index contributed by atoms with van der Waals surface area (Å²) in [6, 6.07) is 6.68. The molecule has 0 bridgehead atoms. The van der Waals surface area contributed by atoms with Crippen molar-refractivity contribution < 1.29 is 13.6 Å². The molecule has 0 amide bonds. The van der Waals surface area contributed by atoms with Gasteiger partial charge in [-0.3, -0.25) is 9.36 Å². The minimum Gasteiger partial charge on any atom is -0.466 e. The Morgan fingerprint density at radius 2 is 1.90 bits per heavy atom. The summed E-state index contributed by atoms with van der Waals surface area (Å²) >= 11 is 0. The fraction of sp³-hybridized carbons (Fsp3) is 0.200. The van der Waals surface area contributed by atoms with Crippen molar-refractivity contribution in [2.24, 2.45) is 7.05 Å². The van der Waals surface area contributed by atoms with E-state index in [1.54, 1.807) is 45.2 Å². The number of ketones is 1. The summed E-state index contributed by atoms with van der Waals surface area (Å²) in [7, 11) is 1.62. The summed E-state index contributed by atoms with van der Waals surface area (Å²) in [6.07, 6.45) is 0. The van der Waals surface area contributed by atoms with E-state index in [-0.39, 0.29) is 5.78 Å². The molecule has 0 spiro atoms. The summed E-state index contributed by atoms with van der Waals surface area (Å²) < 4.78 is 11.9. The van der Waals surface area contributed by atoms with Crippen molar-refractivity contribution in [2.45, 2.75) is 13.8 Å². The molecule has 0 aliphatic rings. The first-order chi connectivity index (χ1) is 9.47. The maximum atomic E-state index is 12.4. The topological polar surface area (TPSA) is 65.3 Å². The van der Waals surface area contributed by atoms with E-state index >= 15 is 0 Å². The van der Waals surface area contributed by atoms with Gasteiger partial charge in [0.05, 0.1) is 11.1 Å². The first-order valence-corrected chi connectivity index (χ1v) is 6.18. The van der Waals surface area contributed by atoms with Crippen molar-refractivity contribution >= 4 is 16.9 Å². The first-order valence-electron chi connectivity index (χ1n) is 6.18. The number of hydrogen-bond donors (Lipinski definition) is 0. The standard InChI is InChI=1S/C15H13NO4/c1-8-6-11(9(2)19-8)14(17)10-4-5-12-13(7-10)20-15(18)16(12)3/h4-7H,1-3H3. The number of furan rings is 1. The van der Waals surface area contributed by atoms with E-state index in [1.807, 2.05) is 0 Å². The lowest BCUT2D eigenvalue weighted by Gasteiger charge is -1.99. The number of benzene rings is 1. The zero-order valence-electron chi connectivity index (χ0n) is 11.4. The second-order valence-corrected chi connectivity index (χ2v) is 4.77. The van der Waals surface area contributed by atoms with Crippen LogP contribution in [0.3, 0.4) is 0 Å². The third-order valence-electron chi connectivity index (χ3n) is 3.34. The summed E-state index contributed by atoms with van der Waals surface area (Å²) in [5.41, 5.74) is 2.06. The van der Waals surface area contributed by atoms with Crippen molar-refractivity contribution in [3.05, 3.63) is 57.5 Å². The number of hydrogen-bond acceptors (Lipinski definition) is 4. The Labute approximate surface area is 114 Å². The van der Waals surface area contributed by atoms with Crippen molar-refractivity contribution in [3.63, 3.8) is 0 Å². The normalized spacial score (nSPS) is 11.2. The Kier molecular flexibility index (Phi) is 2.64. The van der Waals surface area contributed by atoms with Crippen molar-refractivity contribution in [3.8, 4) is 0 Å². The summed E-state index contributed by atoms with van der Waals surface area (Å²) in [6.45, 7) is 3.55. The average Bonchev–Trinajstić information content (AvgIpc) is 2.89. The van der Waals surface area contributed by atoms with Crippen LogP contribution >= 0.6 is 0 Å². The highest BCUT2D eigenvalue weighted by Crippen LogP contribution is 2.21. The maximum Gasteiger partial charge on any atom is 0.419 e. The molecule has 5 nitrogen and oxygen atoms in total. The van der Waals surface area contributed by atoms with Crippen molar-refractivity contribution in [1.82, 2.24) is 4.57 Å². The molecule has 3 rings (SSSR count). The molecule has 0 radical (unpaired) electrons. The molecule has 0 saturated heterocycles. The lowest BCUT2D eigenvalue weighted by molar-refractivity contribution is 0.103. The Balaban J connectivity index is 2.13. The predicted octanol–water partition coefficient (Wildman–Crippen LogP) is 2.57. The zero-order chi connectivity index (χ0) is 14.4. The highest BCUT2D eigenvalue weighted by atomic mass is 16.4. The molecule has 5 heteroatoms. The van der Waals surface area contributed by atoms with Gasteiger partial charge >= 0.3 is 5.76 Å². The molecular weight excluding hydrogens is 258 g/mol. The number of carbonyl (C=O) groups excluding carboxylic acids is 1. The second kappa shape index (κ2) is 4.23. The molecule has 102 valence electrons. The lowest BCUT2D eigenvalue weighted by atomic mass is 10.0. The average molecular weight is 271 g/mol. The molecule has 0 aliphatic heterocycles. The van der Waals surface area contributed by atoms with Crippen LogP contribution in [0.15, 0.2) is 37.9 Å². The first kappa shape index (κ1) is 12.5. The molecule has 2 aromatic heterocycles. The van der Waals surface area contributed by atoms with Crippen LogP contribution in [0.1, 0.15) is 27.4 Å². The Hall–Kier alpha value is -2.56. The van der Waals surface area contributed by atoms with Gasteiger partial charge in [-0.2, -0.15) is 0 Å². The van der Waals surface area contributed by atoms with Crippen LogP contribution in [0.2, 0.25) is 0 Å². The molecule has 1 aromatic carbocycles. The van der Waals surface area contributed by atoms with E-state index in [4.69, 9.17) is 8.83 Å². The number of oxazole rings is 1. The Morgan fingerprint density at radius 3 is 2.55 bits per heavy atom. The summed E-state index contributed by atoms with van der Waals surface area (Å²) in [4.78, 5) is 23.9. The second-order valence-electron chi connectivity index (χ2n) is 4.77. The van der Waals surface area contributed by atoms with Gasteiger partial charge in [0.25, 0.3) is 0 Å². The van der Waals surface area contributed by atoms with E-state index in [1.165, 1.54) is 4.57 Å². The SMILES string of the molecule is Cc1cc(C(=O)c2ccc3c(c2)oc(=O)n3C)c(C)o1. The molecule has 0 unspecified atom stereocenters. The number of carbonyl (C=O) groups is 1. The van der Waals surface area contributed by atoms with E-state index in [0.717, 1.165) is 0 Å². The van der Waals surface area contributed by atoms with Gasteiger partial charge in [0, 0.05) is 12.6 Å². The van der Waals surface area contributed by atoms with Gasteiger partial charge in [-0.05, 0) is 38.1 Å². The van der Waals surface area contributed by atoms with Crippen LogP contribution in [0, 0.1) is 13.8 Å². The van der Waals surface area contributed by atoms with Crippen LogP contribution < -0.4 is 5.76 Å². The number of aryl methyl sites for hydroxylation is 3. The van der Waals surface area contributed by atoms with E-state index in [2.05, 4.69) is 0 Å². The van der Waals surface area contributed by atoms with E-state index < -0.39 is 5.76 Å². The van der Waals surface area contributed by atoms with Crippen LogP contribution in [0.4, 0.5) is 0 Å². The van der Waals surface area contributed by atoms with Crippen LogP contribution in [0.25, 0.3) is 11.1 Å². The third-order valence-corrected chi connectivity index (χ3v) is 3.34. The molecule has 0 fully saturated rings. The van der Waals surface area contributed by atoms with E-state index in [0.29, 0.717) is 33.7 Å². The van der Waals surface area contributed by atoms with Crippen LogP contribution in [0.5, 0.6) is 0 Å².